The lowest BCUT2D eigenvalue weighted by Crippen LogP contribution is -2.10. The first kappa shape index (κ1) is 14.8. The zero-order chi connectivity index (χ0) is 14.4. The molecule has 1 N–H and O–H groups in total. The van der Waals surface area contributed by atoms with Crippen molar-refractivity contribution in [2.24, 2.45) is 0 Å². The highest BCUT2D eigenvalue weighted by atomic mass is 16.5. The molecular weight excluding hydrogens is 246 g/mol. The van der Waals surface area contributed by atoms with Gasteiger partial charge in [-0.05, 0) is 31.2 Å². The van der Waals surface area contributed by atoms with E-state index in [1.807, 2.05) is 19.0 Å². The molecule has 0 aliphatic heterocycles. The number of nitrogens with zero attached hydrogens (tertiary/aromatic N) is 1. The monoisotopic (exact) mass is 263 g/mol. The van der Waals surface area contributed by atoms with Crippen LogP contribution in [0.15, 0.2) is 36.1 Å². The van der Waals surface area contributed by atoms with Crippen LogP contribution in [0.2, 0.25) is 0 Å². The first-order valence-corrected chi connectivity index (χ1v) is 5.85. The molecule has 0 aliphatic carbocycles. The van der Waals surface area contributed by atoms with E-state index in [0.29, 0.717) is 5.56 Å². The zero-order valence-electron chi connectivity index (χ0n) is 11.2. The smallest absolute Gasteiger partial charge is 0.373 e. The molecule has 0 atom stereocenters. The van der Waals surface area contributed by atoms with Gasteiger partial charge in [0.1, 0.15) is 0 Å². The van der Waals surface area contributed by atoms with Gasteiger partial charge in [0.15, 0.2) is 5.78 Å². The number of rotatable bonds is 5. The van der Waals surface area contributed by atoms with Crippen LogP contribution in [0.4, 0.5) is 5.69 Å². The Bertz CT molecular complexity index is 489. The number of aliphatic hydroxyl groups excluding tert-OH is 1. The minimum atomic E-state index is -0.902. The molecular formula is C14H17NO4. The van der Waals surface area contributed by atoms with Gasteiger partial charge in [0, 0.05) is 31.4 Å². The second-order valence-electron chi connectivity index (χ2n) is 4.06. The molecule has 1 aromatic carbocycles. The minimum absolute atomic E-state index is 0.141. The number of carbonyl (C=O) groups excluding carboxylic acids is 2. The number of hydrogen-bond donors (Lipinski definition) is 1. The lowest BCUT2D eigenvalue weighted by atomic mass is 10.1. The van der Waals surface area contributed by atoms with Crippen LogP contribution in [0.1, 0.15) is 17.3 Å². The molecule has 0 bridgehead atoms. The third-order valence-corrected chi connectivity index (χ3v) is 2.42. The van der Waals surface area contributed by atoms with Crippen LogP contribution >= 0.6 is 0 Å². The normalized spacial score (nSPS) is 11.0. The van der Waals surface area contributed by atoms with E-state index in [4.69, 9.17) is 0 Å². The van der Waals surface area contributed by atoms with Crippen molar-refractivity contribution in [1.29, 1.82) is 0 Å². The second-order valence-corrected chi connectivity index (χ2v) is 4.06. The van der Waals surface area contributed by atoms with Gasteiger partial charge in [0.05, 0.1) is 6.61 Å². The molecule has 0 unspecified atom stereocenters. The summed E-state index contributed by atoms with van der Waals surface area (Å²) < 4.78 is 4.57. The quantitative estimate of drug-likeness (QED) is 0.380. The molecule has 0 amide bonds. The maximum Gasteiger partial charge on any atom is 0.373 e. The summed E-state index contributed by atoms with van der Waals surface area (Å²) in [5.74, 6) is -2.04. The van der Waals surface area contributed by atoms with Gasteiger partial charge in [-0.1, -0.05) is 0 Å². The first-order valence-electron chi connectivity index (χ1n) is 5.85. The van der Waals surface area contributed by atoms with Crippen molar-refractivity contribution < 1.29 is 19.4 Å². The van der Waals surface area contributed by atoms with Crippen LogP contribution in [-0.4, -0.2) is 37.6 Å². The van der Waals surface area contributed by atoms with E-state index in [1.54, 1.807) is 31.2 Å². The lowest BCUT2D eigenvalue weighted by Gasteiger charge is -2.11. The molecule has 0 saturated carbocycles. The second kappa shape index (κ2) is 6.58. The molecule has 0 saturated heterocycles. The number of benzene rings is 1. The molecule has 0 radical (unpaired) electrons. The van der Waals surface area contributed by atoms with E-state index in [9.17, 15) is 14.7 Å². The van der Waals surface area contributed by atoms with Gasteiger partial charge in [-0.3, -0.25) is 4.79 Å². The molecule has 0 heterocycles. The Kier molecular flexibility index (Phi) is 5.11. The van der Waals surface area contributed by atoms with Crippen LogP contribution < -0.4 is 4.90 Å². The highest BCUT2D eigenvalue weighted by Gasteiger charge is 2.12. The van der Waals surface area contributed by atoms with Gasteiger partial charge in [-0.2, -0.15) is 0 Å². The summed E-state index contributed by atoms with van der Waals surface area (Å²) in [7, 11) is 3.78. The molecule has 0 spiro atoms. The van der Waals surface area contributed by atoms with Crippen molar-refractivity contribution in [2.45, 2.75) is 6.92 Å². The van der Waals surface area contributed by atoms with Gasteiger partial charge in [-0.15, -0.1) is 0 Å². The highest BCUT2D eigenvalue weighted by molar-refractivity contribution is 6.08. The Morgan fingerprint density at radius 3 is 2.32 bits per heavy atom. The molecule has 0 fully saturated rings. The van der Waals surface area contributed by atoms with Crippen LogP contribution in [0.5, 0.6) is 0 Å². The number of allylic oxidation sites excluding steroid dienone is 1. The van der Waals surface area contributed by atoms with Gasteiger partial charge < -0.3 is 14.7 Å². The number of carbonyl (C=O) groups is 2. The maximum absolute atomic E-state index is 11.8. The topological polar surface area (TPSA) is 66.8 Å². The minimum Gasteiger partial charge on any atom is -0.502 e. The van der Waals surface area contributed by atoms with Crippen molar-refractivity contribution in [3.8, 4) is 0 Å². The van der Waals surface area contributed by atoms with E-state index in [1.165, 1.54) is 0 Å². The van der Waals surface area contributed by atoms with Crippen molar-refractivity contribution >= 4 is 17.4 Å². The number of esters is 1. The third kappa shape index (κ3) is 4.13. The Balaban J connectivity index is 2.83. The summed E-state index contributed by atoms with van der Waals surface area (Å²) in [4.78, 5) is 24.8. The number of aliphatic hydroxyl groups is 1. The fraction of sp³-hybridized carbons (Fsp3) is 0.286. The van der Waals surface area contributed by atoms with Crippen LogP contribution in [0.3, 0.4) is 0 Å². The number of anilines is 1. The van der Waals surface area contributed by atoms with Crippen LogP contribution in [-0.2, 0) is 9.53 Å². The summed E-state index contributed by atoms with van der Waals surface area (Å²) >= 11 is 0. The average Bonchev–Trinajstić information content (AvgIpc) is 2.38. The standard InChI is InChI=1S/C14H17NO4/c1-4-19-14(18)13(17)9-12(16)10-5-7-11(8-6-10)15(2)3/h5-9,17H,4H2,1-3H3/b13-9-. The van der Waals surface area contributed by atoms with Crippen molar-refractivity contribution in [3.05, 3.63) is 41.7 Å². The van der Waals surface area contributed by atoms with Crippen LogP contribution in [0, 0.1) is 0 Å². The Morgan fingerprint density at radius 2 is 1.84 bits per heavy atom. The molecule has 0 aliphatic rings. The molecule has 1 aromatic rings. The predicted molar refractivity (Wildman–Crippen MR) is 72.4 cm³/mol. The largest absolute Gasteiger partial charge is 0.502 e. The van der Waals surface area contributed by atoms with Gasteiger partial charge in [0.2, 0.25) is 5.76 Å². The Labute approximate surface area is 112 Å². The number of ketones is 1. The summed E-state index contributed by atoms with van der Waals surface area (Å²) in [6.07, 6.45) is 0.864. The summed E-state index contributed by atoms with van der Waals surface area (Å²) in [6, 6.07) is 6.82. The summed E-state index contributed by atoms with van der Waals surface area (Å²) in [6.45, 7) is 1.76. The summed E-state index contributed by atoms with van der Waals surface area (Å²) in [5, 5.41) is 9.38. The Hall–Kier alpha value is -2.30. The number of ether oxygens (including phenoxy) is 1. The Morgan fingerprint density at radius 1 is 1.26 bits per heavy atom. The third-order valence-electron chi connectivity index (χ3n) is 2.42. The molecule has 19 heavy (non-hydrogen) atoms. The van der Waals surface area contributed by atoms with E-state index in [0.717, 1.165) is 11.8 Å². The van der Waals surface area contributed by atoms with E-state index in [-0.39, 0.29) is 6.61 Å². The molecule has 102 valence electrons. The molecule has 1 rings (SSSR count). The molecule has 0 aromatic heterocycles. The van der Waals surface area contributed by atoms with Gasteiger partial charge in [0.25, 0.3) is 0 Å². The van der Waals surface area contributed by atoms with Crippen molar-refractivity contribution in [3.63, 3.8) is 0 Å². The average molecular weight is 263 g/mol. The first-order chi connectivity index (χ1) is 8.95. The molecule has 5 heteroatoms. The number of hydrogen-bond acceptors (Lipinski definition) is 5. The highest BCUT2D eigenvalue weighted by Crippen LogP contribution is 2.13. The molecule has 5 nitrogen and oxygen atoms in total. The van der Waals surface area contributed by atoms with Crippen molar-refractivity contribution in [1.82, 2.24) is 0 Å². The van der Waals surface area contributed by atoms with Gasteiger partial charge in [-0.25, -0.2) is 4.79 Å². The van der Waals surface area contributed by atoms with E-state index < -0.39 is 17.5 Å². The lowest BCUT2D eigenvalue weighted by molar-refractivity contribution is -0.141. The fourth-order valence-electron chi connectivity index (χ4n) is 1.40. The van der Waals surface area contributed by atoms with Gasteiger partial charge >= 0.3 is 5.97 Å². The fourth-order valence-corrected chi connectivity index (χ4v) is 1.40. The SMILES string of the molecule is CCOC(=O)/C(O)=C/C(=O)c1ccc(N(C)C)cc1. The van der Waals surface area contributed by atoms with E-state index >= 15 is 0 Å². The maximum atomic E-state index is 11.8. The van der Waals surface area contributed by atoms with Crippen LogP contribution in [0.25, 0.3) is 0 Å². The predicted octanol–water partition coefficient (Wildman–Crippen LogP) is 1.94. The van der Waals surface area contributed by atoms with Crippen molar-refractivity contribution in [2.75, 3.05) is 25.6 Å². The summed E-state index contributed by atoms with van der Waals surface area (Å²) in [5.41, 5.74) is 1.34. The van der Waals surface area contributed by atoms with E-state index in [2.05, 4.69) is 4.74 Å². The zero-order valence-corrected chi connectivity index (χ0v) is 11.2.